The van der Waals surface area contributed by atoms with E-state index in [1.165, 1.54) is 11.8 Å². The second-order valence-corrected chi connectivity index (χ2v) is 7.56. The summed E-state index contributed by atoms with van der Waals surface area (Å²) in [5, 5.41) is 18.9. The maximum Gasteiger partial charge on any atom is 0.313 e. The molecule has 0 aliphatic carbocycles. The zero-order valence-corrected chi connectivity index (χ0v) is 16.2. The molecule has 1 heterocycles. The number of hydrogen-bond acceptors (Lipinski definition) is 4. The smallest absolute Gasteiger partial charge is 0.313 e. The topological polar surface area (TPSA) is 77.8 Å². The minimum Gasteiger partial charge on any atom is -0.481 e. The monoisotopic (exact) mass is 389 g/mol. The van der Waals surface area contributed by atoms with Crippen molar-refractivity contribution in [2.75, 3.05) is 18.1 Å². The number of aliphatic hydroxyl groups is 1. The predicted octanol–water partition coefficient (Wildman–Crippen LogP) is 2.90. The Morgan fingerprint density at radius 3 is 2.81 bits per heavy atom. The predicted molar refractivity (Wildman–Crippen MR) is 109 cm³/mol. The Balaban J connectivity index is 1.85. The van der Waals surface area contributed by atoms with Crippen LogP contribution < -0.4 is 0 Å². The molecule has 1 amide bonds. The van der Waals surface area contributed by atoms with Crippen molar-refractivity contribution in [2.24, 2.45) is 0 Å². The second-order valence-electron chi connectivity index (χ2n) is 6.53. The third-order valence-electron chi connectivity index (χ3n) is 4.36. The largest absolute Gasteiger partial charge is 0.481 e. The normalized spacial score (nSPS) is 19.1. The van der Waals surface area contributed by atoms with Crippen LogP contribution in [0.3, 0.4) is 0 Å². The van der Waals surface area contributed by atoms with Crippen LogP contribution in [-0.2, 0) is 16.0 Å². The van der Waals surface area contributed by atoms with Crippen molar-refractivity contribution in [3.8, 4) is 0 Å². The van der Waals surface area contributed by atoms with Crippen molar-refractivity contribution < 1.29 is 19.8 Å². The fourth-order valence-electron chi connectivity index (χ4n) is 3.03. The SMILES string of the molecule is O=C(O)CSC/C=C\CN1C(=O)CCC[C@@H]1/C=C/C(O)Cc1ccccc1. The number of rotatable bonds is 10. The van der Waals surface area contributed by atoms with E-state index in [1.807, 2.05) is 53.5 Å². The third kappa shape index (κ3) is 8.01. The number of piperidine rings is 1. The molecular weight excluding hydrogens is 362 g/mol. The van der Waals surface area contributed by atoms with Gasteiger partial charge in [0.1, 0.15) is 0 Å². The third-order valence-corrected chi connectivity index (χ3v) is 5.24. The van der Waals surface area contributed by atoms with Gasteiger partial charge in [-0.25, -0.2) is 0 Å². The van der Waals surface area contributed by atoms with Crippen molar-refractivity contribution in [1.82, 2.24) is 4.90 Å². The number of carboxylic acids is 1. The summed E-state index contributed by atoms with van der Waals surface area (Å²) in [6.45, 7) is 0.510. The number of hydrogen-bond donors (Lipinski definition) is 2. The van der Waals surface area contributed by atoms with E-state index in [9.17, 15) is 14.7 Å². The molecular formula is C21H27NO4S. The van der Waals surface area contributed by atoms with E-state index < -0.39 is 12.1 Å². The molecule has 1 unspecified atom stereocenters. The molecule has 0 saturated carbocycles. The van der Waals surface area contributed by atoms with Gasteiger partial charge in [0, 0.05) is 25.1 Å². The molecule has 5 nitrogen and oxygen atoms in total. The van der Waals surface area contributed by atoms with Crippen LogP contribution in [0.4, 0.5) is 0 Å². The van der Waals surface area contributed by atoms with Crippen molar-refractivity contribution in [3.05, 3.63) is 60.2 Å². The van der Waals surface area contributed by atoms with Gasteiger partial charge < -0.3 is 15.1 Å². The van der Waals surface area contributed by atoms with Crippen LogP contribution >= 0.6 is 11.8 Å². The molecule has 1 aliphatic heterocycles. The highest BCUT2D eigenvalue weighted by Gasteiger charge is 2.25. The first-order chi connectivity index (χ1) is 13.1. The van der Waals surface area contributed by atoms with E-state index in [4.69, 9.17) is 5.11 Å². The van der Waals surface area contributed by atoms with E-state index in [0.717, 1.165) is 18.4 Å². The van der Waals surface area contributed by atoms with Gasteiger partial charge in [-0.05, 0) is 18.4 Å². The summed E-state index contributed by atoms with van der Waals surface area (Å²) in [4.78, 5) is 24.6. The zero-order valence-electron chi connectivity index (χ0n) is 15.4. The highest BCUT2D eigenvalue weighted by atomic mass is 32.2. The maximum atomic E-state index is 12.3. The standard InChI is InChI=1S/C21H27NO4S/c23-19(15-17-7-2-1-3-8-17)12-11-18-9-6-10-20(24)22(18)13-4-5-14-27-16-21(25)26/h1-5,7-8,11-12,18-19,23H,6,9-10,13-16H2,(H,25,26)/b5-4-,12-11+/t18-,19?/m1/s1. The molecule has 146 valence electrons. The van der Waals surface area contributed by atoms with Crippen LogP contribution in [0.25, 0.3) is 0 Å². The van der Waals surface area contributed by atoms with E-state index in [2.05, 4.69) is 0 Å². The van der Waals surface area contributed by atoms with Gasteiger partial charge in [0.15, 0.2) is 0 Å². The van der Waals surface area contributed by atoms with Crippen molar-refractivity contribution >= 4 is 23.6 Å². The Morgan fingerprint density at radius 1 is 1.30 bits per heavy atom. The van der Waals surface area contributed by atoms with Crippen molar-refractivity contribution in [3.63, 3.8) is 0 Å². The molecule has 2 atom stereocenters. The van der Waals surface area contributed by atoms with Crippen LogP contribution in [0.1, 0.15) is 24.8 Å². The summed E-state index contributed by atoms with van der Waals surface area (Å²) >= 11 is 1.33. The molecule has 2 N–H and O–H groups in total. The van der Waals surface area contributed by atoms with Gasteiger partial charge in [-0.15, -0.1) is 11.8 Å². The van der Waals surface area contributed by atoms with Crippen molar-refractivity contribution in [2.45, 2.75) is 37.8 Å². The lowest BCUT2D eigenvalue weighted by Crippen LogP contribution is -2.42. The number of carbonyl (C=O) groups excluding carboxylic acids is 1. The van der Waals surface area contributed by atoms with Gasteiger partial charge in [0.2, 0.25) is 5.91 Å². The van der Waals surface area contributed by atoms with Gasteiger partial charge in [-0.2, -0.15) is 0 Å². The van der Waals surface area contributed by atoms with Crippen LogP contribution in [-0.4, -0.2) is 57.2 Å². The van der Waals surface area contributed by atoms with Gasteiger partial charge in [-0.1, -0.05) is 54.6 Å². The van der Waals surface area contributed by atoms with E-state index >= 15 is 0 Å². The van der Waals surface area contributed by atoms with Crippen LogP contribution in [0, 0.1) is 0 Å². The highest BCUT2D eigenvalue weighted by Crippen LogP contribution is 2.20. The first-order valence-electron chi connectivity index (χ1n) is 9.20. The van der Waals surface area contributed by atoms with Crippen LogP contribution in [0.15, 0.2) is 54.6 Å². The van der Waals surface area contributed by atoms with Gasteiger partial charge in [-0.3, -0.25) is 9.59 Å². The quantitative estimate of drug-likeness (QED) is 0.475. The molecule has 27 heavy (non-hydrogen) atoms. The van der Waals surface area contributed by atoms with Gasteiger partial charge in [0.25, 0.3) is 0 Å². The molecule has 1 fully saturated rings. The number of likely N-dealkylation sites (tertiary alicyclic amines) is 1. The minimum atomic E-state index is -0.820. The number of thioether (sulfide) groups is 1. The summed E-state index contributed by atoms with van der Waals surface area (Å²) in [6.07, 6.45) is 9.83. The molecule has 0 bridgehead atoms. The number of carboxylic acid groups (broad SMARTS) is 1. The summed E-state index contributed by atoms with van der Waals surface area (Å²) in [7, 11) is 0. The summed E-state index contributed by atoms with van der Waals surface area (Å²) < 4.78 is 0. The Bertz CT molecular complexity index is 659. The fraction of sp³-hybridized carbons (Fsp3) is 0.429. The van der Waals surface area contributed by atoms with E-state index in [0.29, 0.717) is 25.1 Å². The molecule has 1 aromatic carbocycles. The zero-order chi connectivity index (χ0) is 19.5. The molecule has 0 spiro atoms. The van der Waals surface area contributed by atoms with E-state index in [1.54, 1.807) is 6.08 Å². The van der Waals surface area contributed by atoms with Crippen molar-refractivity contribution in [1.29, 1.82) is 0 Å². The Hall–Kier alpha value is -2.05. The fourth-order valence-corrected chi connectivity index (χ4v) is 3.60. The molecule has 1 saturated heterocycles. The van der Waals surface area contributed by atoms with Crippen LogP contribution in [0.2, 0.25) is 0 Å². The first-order valence-corrected chi connectivity index (χ1v) is 10.4. The Kier molecular flexibility index (Phi) is 9.15. The molecule has 6 heteroatoms. The molecule has 1 aromatic rings. The first kappa shape index (κ1) is 21.3. The number of carbonyl (C=O) groups is 2. The molecule has 2 rings (SSSR count). The van der Waals surface area contributed by atoms with Gasteiger partial charge >= 0.3 is 5.97 Å². The average molecular weight is 390 g/mol. The summed E-state index contributed by atoms with van der Waals surface area (Å²) in [5.74, 6) is -0.00222. The van der Waals surface area contributed by atoms with Gasteiger partial charge in [0.05, 0.1) is 17.9 Å². The minimum absolute atomic E-state index is 0.00649. The molecule has 0 aromatic heterocycles. The number of benzene rings is 1. The van der Waals surface area contributed by atoms with Crippen LogP contribution in [0.5, 0.6) is 0 Å². The average Bonchev–Trinajstić information content (AvgIpc) is 2.65. The number of aliphatic carboxylic acids is 1. The number of aliphatic hydroxyl groups excluding tert-OH is 1. The highest BCUT2D eigenvalue weighted by molar-refractivity contribution is 8.00. The molecule has 1 aliphatic rings. The van der Waals surface area contributed by atoms with E-state index in [-0.39, 0.29) is 17.7 Å². The number of nitrogens with zero attached hydrogens (tertiary/aromatic N) is 1. The summed E-state index contributed by atoms with van der Waals surface area (Å²) in [6, 6.07) is 9.82. The maximum absolute atomic E-state index is 12.3. The number of amides is 1. The Labute approximate surface area is 164 Å². The Morgan fingerprint density at radius 2 is 2.07 bits per heavy atom. The lowest BCUT2D eigenvalue weighted by Gasteiger charge is -2.33. The lowest BCUT2D eigenvalue weighted by atomic mass is 9.99. The lowest BCUT2D eigenvalue weighted by molar-refractivity contribution is -0.135. The molecule has 0 radical (unpaired) electrons. The second kappa shape index (κ2) is 11.6. The summed E-state index contributed by atoms with van der Waals surface area (Å²) in [5.41, 5.74) is 1.08.